The fraction of sp³-hybridized carbons (Fsp3) is 0.318. The Hall–Kier alpha value is -3.15. The van der Waals surface area contributed by atoms with Gasteiger partial charge >= 0.3 is 0 Å². The number of para-hydroxylation sites is 1. The first kappa shape index (κ1) is 18.2. The lowest BCUT2D eigenvalue weighted by Crippen LogP contribution is -2.27. The van der Waals surface area contributed by atoms with Gasteiger partial charge in [0, 0.05) is 13.0 Å². The Morgan fingerprint density at radius 2 is 1.96 bits per heavy atom. The molecule has 0 bridgehead atoms. The zero-order valence-corrected chi connectivity index (χ0v) is 16.1. The molecule has 6 nitrogen and oxygen atoms in total. The van der Waals surface area contributed by atoms with Crippen molar-refractivity contribution in [1.82, 2.24) is 15.0 Å². The molecule has 2 heterocycles. The average Bonchev–Trinajstić information content (AvgIpc) is 3.32. The third-order valence-corrected chi connectivity index (χ3v) is 4.96. The molecule has 3 aromatic rings. The van der Waals surface area contributed by atoms with Crippen molar-refractivity contribution >= 4 is 5.91 Å². The van der Waals surface area contributed by atoms with Crippen molar-refractivity contribution in [2.24, 2.45) is 0 Å². The van der Waals surface area contributed by atoms with Crippen molar-refractivity contribution in [3.05, 3.63) is 65.5 Å². The van der Waals surface area contributed by atoms with E-state index in [0.29, 0.717) is 37.7 Å². The number of benzene rings is 2. The van der Waals surface area contributed by atoms with Crippen LogP contribution in [0.3, 0.4) is 0 Å². The van der Waals surface area contributed by atoms with Gasteiger partial charge in [0.25, 0.3) is 0 Å². The van der Waals surface area contributed by atoms with Crippen LogP contribution in [0.2, 0.25) is 0 Å². The Morgan fingerprint density at radius 1 is 1.18 bits per heavy atom. The van der Waals surface area contributed by atoms with Crippen LogP contribution < -0.4 is 4.74 Å². The minimum absolute atomic E-state index is 0.111. The van der Waals surface area contributed by atoms with Gasteiger partial charge in [0.15, 0.2) is 0 Å². The molecule has 144 valence electrons. The van der Waals surface area contributed by atoms with Gasteiger partial charge in [-0.2, -0.15) is 4.98 Å². The van der Waals surface area contributed by atoms with Crippen LogP contribution in [0.15, 0.2) is 53.1 Å². The minimum Gasteiger partial charge on any atom is -0.493 e. The number of likely N-dealkylation sites (tertiary alicyclic amines) is 1. The van der Waals surface area contributed by atoms with Crippen LogP contribution in [0.1, 0.15) is 42.8 Å². The first-order valence-electron chi connectivity index (χ1n) is 9.56. The number of hydrogen-bond donors (Lipinski definition) is 0. The lowest BCUT2D eigenvalue weighted by Gasteiger charge is -2.22. The van der Waals surface area contributed by atoms with Gasteiger partial charge < -0.3 is 14.2 Å². The number of nitrogens with zero attached hydrogens (tertiary/aromatic N) is 3. The van der Waals surface area contributed by atoms with Gasteiger partial charge in [-0.1, -0.05) is 47.1 Å². The second kappa shape index (κ2) is 7.84. The van der Waals surface area contributed by atoms with E-state index < -0.39 is 0 Å². The number of carbonyl (C=O) groups excluding carboxylic acids is 1. The first-order valence-corrected chi connectivity index (χ1v) is 9.56. The van der Waals surface area contributed by atoms with E-state index in [2.05, 4.69) is 34.4 Å². The highest BCUT2D eigenvalue weighted by molar-refractivity contribution is 5.79. The molecule has 1 amide bonds. The van der Waals surface area contributed by atoms with Gasteiger partial charge in [-0.3, -0.25) is 4.79 Å². The van der Waals surface area contributed by atoms with Gasteiger partial charge in [-0.15, -0.1) is 0 Å². The molecule has 0 N–H and O–H groups in total. The van der Waals surface area contributed by atoms with E-state index in [1.165, 1.54) is 5.56 Å². The van der Waals surface area contributed by atoms with Gasteiger partial charge in [-0.25, -0.2) is 0 Å². The number of aromatic nitrogens is 2. The fourth-order valence-corrected chi connectivity index (χ4v) is 3.49. The summed E-state index contributed by atoms with van der Waals surface area (Å²) in [5.41, 5.74) is 3.07. The third-order valence-electron chi connectivity index (χ3n) is 4.96. The average molecular weight is 377 g/mol. The number of amides is 1. The molecule has 1 fully saturated rings. The molecule has 1 unspecified atom stereocenters. The van der Waals surface area contributed by atoms with E-state index in [1.807, 2.05) is 43.0 Å². The van der Waals surface area contributed by atoms with Crippen molar-refractivity contribution in [3.8, 4) is 17.1 Å². The third kappa shape index (κ3) is 3.63. The van der Waals surface area contributed by atoms with E-state index in [9.17, 15) is 4.79 Å². The molecule has 1 aliphatic rings. The highest BCUT2D eigenvalue weighted by Gasteiger charge is 2.36. The second-order valence-corrected chi connectivity index (χ2v) is 6.95. The van der Waals surface area contributed by atoms with Crippen LogP contribution in [-0.4, -0.2) is 27.6 Å². The van der Waals surface area contributed by atoms with Crippen LogP contribution in [0.25, 0.3) is 11.4 Å². The Kier molecular flexibility index (Phi) is 5.10. The molecule has 0 saturated carbocycles. The molecular weight excluding hydrogens is 354 g/mol. The van der Waals surface area contributed by atoms with E-state index in [0.717, 1.165) is 16.9 Å². The summed E-state index contributed by atoms with van der Waals surface area (Å²) >= 11 is 0. The maximum Gasteiger partial charge on any atom is 0.249 e. The molecule has 1 saturated heterocycles. The van der Waals surface area contributed by atoms with E-state index in [1.54, 1.807) is 0 Å². The van der Waals surface area contributed by atoms with Gasteiger partial charge in [0.05, 0.1) is 12.2 Å². The number of hydrogen-bond acceptors (Lipinski definition) is 5. The molecule has 0 radical (unpaired) electrons. The topological polar surface area (TPSA) is 68.5 Å². The molecule has 6 heteroatoms. The molecule has 1 aliphatic heterocycles. The van der Waals surface area contributed by atoms with E-state index in [-0.39, 0.29) is 11.9 Å². The molecule has 0 spiro atoms. The summed E-state index contributed by atoms with van der Waals surface area (Å²) in [7, 11) is 0. The van der Waals surface area contributed by atoms with Crippen molar-refractivity contribution in [2.45, 2.75) is 39.3 Å². The van der Waals surface area contributed by atoms with Crippen molar-refractivity contribution in [1.29, 1.82) is 0 Å². The van der Waals surface area contributed by atoms with Crippen LogP contribution >= 0.6 is 0 Å². The molecule has 0 aliphatic carbocycles. The standard InChI is InChI=1S/C22H23N3O3/c1-3-27-19-7-5-4-6-17(19)21-23-22(28-24-21)18-12-13-20(26)25(18)14-16-10-8-15(2)9-11-16/h4-11,18H,3,12-14H2,1-2H3. The SMILES string of the molecule is CCOc1ccccc1-c1noc(C2CCC(=O)N2Cc2ccc(C)cc2)n1. The molecule has 1 atom stereocenters. The maximum absolute atomic E-state index is 12.5. The number of aryl methyl sites for hydroxylation is 1. The van der Waals surface area contributed by atoms with Crippen LogP contribution in [0.4, 0.5) is 0 Å². The summed E-state index contributed by atoms with van der Waals surface area (Å²) in [5, 5.41) is 4.15. The van der Waals surface area contributed by atoms with E-state index >= 15 is 0 Å². The maximum atomic E-state index is 12.5. The Bertz CT molecular complexity index is 965. The predicted molar refractivity (Wildman–Crippen MR) is 105 cm³/mol. The highest BCUT2D eigenvalue weighted by atomic mass is 16.5. The predicted octanol–water partition coefficient (Wildman–Crippen LogP) is 4.31. The first-order chi connectivity index (χ1) is 13.7. The Labute approximate surface area is 164 Å². The quantitative estimate of drug-likeness (QED) is 0.640. The Morgan fingerprint density at radius 3 is 2.75 bits per heavy atom. The van der Waals surface area contributed by atoms with E-state index in [4.69, 9.17) is 9.26 Å². The van der Waals surface area contributed by atoms with Crippen LogP contribution in [0, 0.1) is 6.92 Å². The molecule has 2 aromatic carbocycles. The Balaban J connectivity index is 1.58. The van der Waals surface area contributed by atoms with Crippen molar-refractivity contribution in [3.63, 3.8) is 0 Å². The van der Waals surface area contributed by atoms with Gasteiger partial charge in [0.2, 0.25) is 17.6 Å². The number of ether oxygens (including phenoxy) is 1. The lowest BCUT2D eigenvalue weighted by molar-refractivity contribution is -0.129. The summed E-state index contributed by atoms with van der Waals surface area (Å²) in [6.07, 6.45) is 1.17. The van der Waals surface area contributed by atoms with Crippen LogP contribution in [0.5, 0.6) is 5.75 Å². The molecular formula is C22H23N3O3. The smallest absolute Gasteiger partial charge is 0.249 e. The summed E-state index contributed by atoms with van der Waals surface area (Å²) in [6.45, 7) is 5.08. The lowest BCUT2D eigenvalue weighted by atomic mass is 10.1. The fourth-order valence-electron chi connectivity index (χ4n) is 3.49. The molecule has 28 heavy (non-hydrogen) atoms. The summed E-state index contributed by atoms with van der Waals surface area (Å²) in [4.78, 5) is 18.9. The summed E-state index contributed by atoms with van der Waals surface area (Å²) in [6, 6.07) is 15.6. The second-order valence-electron chi connectivity index (χ2n) is 6.95. The van der Waals surface area contributed by atoms with Crippen molar-refractivity contribution < 1.29 is 14.1 Å². The molecule has 1 aromatic heterocycles. The highest BCUT2D eigenvalue weighted by Crippen LogP contribution is 2.35. The van der Waals surface area contributed by atoms with Gasteiger partial charge in [-0.05, 0) is 38.0 Å². The molecule has 4 rings (SSSR count). The summed E-state index contributed by atoms with van der Waals surface area (Å²) < 4.78 is 11.2. The number of rotatable bonds is 6. The minimum atomic E-state index is -0.200. The largest absolute Gasteiger partial charge is 0.493 e. The zero-order chi connectivity index (χ0) is 19.5. The van der Waals surface area contributed by atoms with Crippen molar-refractivity contribution in [2.75, 3.05) is 6.61 Å². The van der Waals surface area contributed by atoms with Crippen LogP contribution in [-0.2, 0) is 11.3 Å². The van der Waals surface area contributed by atoms with Gasteiger partial charge in [0.1, 0.15) is 11.8 Å². The normalized spacial score (nSPS) is 16.6. The number of carbonyl (C=O) groups is 1. The summed E-state index contributed by atoms with van der Waals surface area (Å²) in [5.74, 6) is 1.78. The monoisotopic (exact) mass is 377 g/mol. The zero-order valence-electron chi connectivity index (χ0n) is 16.1.